The van der Waals surface area contributed by atoms with Gasteiger partial charge in [0.05, 0.1) is 6.61 Å². The van der Waals surface area contributed by atoms with Crippen LogP contribution < -0.4 is 0 Å². The van der Waals surface area contributed by atoms with Crippen molar-refractivity contribution in [1.29, 1.82) is 0 Å². The third-order valence-electron chi connectivity index (χ3n) is 3.70. The second-order valence-corrected chi connectivity index (χ2v) is 5.57. The first-order valence-corrected chi connectivity index (χ1v) is 7.97. The van der Waals surface area contributed by atoms with Crippen LogP contribution in [0.15, 0.2) is 72.8 Å². The number of ether oxygens (including phenoxy) is 3. The monoisotopic (exact) mass is 338 g/mol. The minimum atomic E-state index is -1.11. The molecule has 2 aromatic rings. The third-order valence-corrected chi connectivity index (χ3v) is 3.70. The van der Waals surface area contributed by atoms with E-state index in [9.17, 15) is 9.59 Å². The summed E-state index contributed by atoms with van der Waals surface area (Å²) in [6.45, 7) is 0.415. The molecule has 1 aliphatic heterocycles. The minimum Gasteiger partial charge on any atom is -0.458 e. The molecule has 1 aliphatic rings. The average Bonchev–Trinajstić information content (AvgIpc) is 2.66. The fourth-order valence-electron chi connectivity index (χ4n) is 2.41. The molecule has 2 atom stereocenters. The molecular formula is C20H18O5. The highest BCUT2D eigenvalue weighted by molar-refractivity contribution is 5.88. The molecule has 25 heavy (non-hydrogen) atoms. The van der Waals surface area contributed by atoms with E-state index >= 15 is 0 Å². The molecule has 5 heteroatoms. The summed E-state index contributed by atoms with van der Waals surface area (Å²) in [6.07, 6.45) is 1.01. The van der Waals surface area contributed by atoms with Crippen LogP contribution in [0.5, 0.6) is 0 Å². The minimum absolute atomic E-state index is 0.114. The highest BCUT2D eigenvalue weighted by atomic mass is 16.6. The summed E-state index contributed by atoms with van der Waals surface area (Å²) in [4.78, 5) is 23.8. The molecule has 0 unspecified atom stereocenters. The Morgan fingerprint density at radius 1 is 0.920 bits per heavy atom. The summed E-state index contributed by atoms with van der Waals surface area (Å²) < 4.78 is 16.1. The smallest absolute Gasteiger partial charge is 0.350 e. The predicted molar refractivity (Wildman–Crippen MR) is 90.3 cm³/mol. The van der Waals surface area contributed by atoms with Gasteiger partial charge in [-0.1, -0.05) is 60.7 Å². The molecule has 0 aromatic heterocycles. The van der Waals surface area contributed by atoms with E-state index in [0.29, 0.717) is 6.61 Å². The van der Waals surface area contributed by atoms with Crippen molar-refractivity contribution in [3.8, 4) is 0 Å². The number of rotatable bonds is 6. The molecule has 0 saturated carbocycles. The fourth-order valence-corrected chi connectivity index (χ4v) is 2.41. The SMILES string of the molecule is O=C1C=C[C@H](OCc2ccccc2)[C@@H](C(=O)OCc2ccccc2)O1. The summed E-state index contributed by atoms with van der Waals surface area (Å²) in [5, 5.41) is 0. The molecule has 5 nitrogen and oxygen atoms in total. The van der Waals surface area contributed by atoms with Gasteiger partial charge in [-0.05, 0) is 17.2 Å². The lowest BCUT2D eigenvalue weighted by Crippen LogP contribution is -2.42. The Balaban J connectivity index is 1.61. The maximum atomic E-state index is 12.3. The van der Waals surface area contributed by atoms with Crippen molar-refractivity contribution in [3.05, 3.63) is 83.9 Å². The molecule has 2 aromatic carbocycles. The Bertz CT molecular complexity index is 739. The first-order valence-electron chi connectivity index (χ1n) is 7.97. The zero-order valence-corrected chi connectivity index (χ0v) is 13.5. The van der Waals surface area contributed by atoms with Gasteiger partial charge in [0.2, 0.25) is 6.10 Å². The number of cyclic esters (lactones) is 1. The quantitative estimate of drug-likeness (QED) is 0.758. The number of hydrogen-bond donors (Lipinski definition) is 0. The summed E-state index contributed by atoms with van der Waals surface area (Å²) in [6, 6.07) is 18.9. The number of benzene rings is 2. The van der Waals surface area contributed by atoms with Crippen molar-refractivity contribution in [1.82, 2.24) is 0 Å². The maximum absolute atomic E-state index is 12.3. The summed E-state index contributed by atoms with van der Waals surface area (Å²) in [5.74, 6) is -1.21. The molecule has 0 N–H and O–H groups in total. The molecule has 1 heterocycles. The molecule has 0 aliphatic carbocycles. The molecule has 0 bridgehead atoms. The van der Waals surface area contributed by atoms with Gasteiger partial charge in [0.25, 0.3) is 0 Å². The Hall–Kier alpha value is -2.92. The van der Waals surface area contributed by atoms with E-state index < -0.39 is 24.1 Å². The van der Waals surface area contributed by atoms with E-state index in [1.165, 1.54) is 12.2 Å². The van der Waals surface area contributed by atoms with Gasteiger partial charge in [-0.2, -0.15) is 0 Å². The van der Waals surface area contributed by atoms with Crippen molar-refractivity contribution < 1.29 is 23.8 Å². The lowest BCUT2D eigenvalue weighted by Gasteiger charge is -2.26. The largest absolute Gasteiger partial charge is 0.458 e. The van der Waals surface area contributed by atoms with Crippen molar-refractivity contribution in [2.45, 2.75) is 25.4 Å². The number of carbonyl (C=O) groups is 2. The summed E-state index contributed by atoms with van der Waals surface area (Å²) >= 11 is 0. The van der Waals surface area contributed by atoms with Gasteiger partial charge in [0.1, 0.15) is 12.7 Å². The van der Waals surface area contributed by atoms with E-state index in [-0.39, 0.29) is 6.61 Å². The molecule has 0 amide bonds. The first kappa shape index (κ1) is 16.9. The lowest BCUT2D eigenvalue weighted by molar-refractivity contribution is -0.176. The Kier molecular flexibility index (Phi) is 5.59. The third kappa shape index (κ3) is 4.78. The number of hydrogen-bond acceptors (Lipinski definition) is 5. The molecule has 3 rings (SSSR count). The highest BCUT2D eigenvalue weighted by Gasteiger charge is 2.35. The number of carbonyl (C=O) groups excluding carboxylic acids is 2. The van der Waals surface area contributed by atoms with Crippen molar-refractivity contribution >= 4 is 11.9 Å². The zero-order chi connectivity index (χ0) is 17.5. The van der Waals surface area contributed by atoms with Crippen LogP contribution in [-0.4, -0.2) is 24.1 Å². The second kappa shape index (κ2) is 8.26. The van der Waals surface area contributed by atoms with Gasteiger partial charge < -0.3 is 14.2 Å². The van der Waals surface area contributed by atoms with Crippen molar-refractivity contribution in [2.75, 3.05) is 0 Å². The van der Waals surface area contributed by atoms with E-state index in [1.807, 2.05) is 60.7 Å². The van der Waals surface area contributed by atoms with Crippen LogP contribution in [0.25, 0.3) is 0 Å². The van der Waals surface area contributed by atoms with Gasteiger partial charge in [-0.25, -0.2) is 9.59 Å². The summed E-state index contributed by atoms with van der Waals surface area (Å²) in [7, 11) is 0. The van der Waals surface area contributed by atoms with Crippen LogP contribution >= 0.6 is 0 Å². The first-order chi connectivity index (χ1) is 12.2. The van der Waals surface area contributed by atoms with Crippen LogP contribution in [0.2, 0.25) is 0 Å². The Labute approximate surface area is 145 Å². The predicted octanol–water partition coefficient (Wildman–Crippen LogP) is 2.80. The lowest BCUT2D eigenvalue weighted by atomic mass is 10.1. The van der Waals surface area contributed by atoms with Crippen LogP contribution in [0.1, 0.15) is 11.1 Å². The van der Waals surface area contributed by atoms with E-state index in [1.54, 1.807) is 0 Å². The topological polar surface area (TPSA) is 61.8 Å². The van der Waals surface area contributed by atoms with Gasteiger partial charge in [0, 0.05) is 6.08 Å². The van der Waals surface area contributed by atoms with Gasteiger partial charge in [-0.3, -0.25) is 0 Å². The summed E-state index contributed by atoms with van der Waals surface area (Å²) in [5.41, 5.74) is 1.82. The second-order valence-electron chi connectivity index (χ2n) is 5.57. The van der Waals surface area contributed by atoms with E-state index in [2.05, 4.69) is 0 Å². The Morgan fingerprint density at radius 3 is 2.16 bits per heavy atom. The normalized spacial score (nSPS) is 19.3. The zero-order valence-electron chi connectivity index (χ0n) is 13.5. The average molecular weight is 338 g/mol. The van der Waals surface area contributed by atoms with E-state index in [4.69, 9.17) is 14.2 Å². The van der Waals surface area contributed by atoms with Crippen molar-refractivity contribution in [2.24, 2.45) is 0 Å². The molecule has 0 saturated heterocycles. The van der Waals surface area contributed by atoms with Gasteiger partial charge in [0.15, 0.2) is 0 Å². The fraction of sp³-hybridized carbons (Fsp3) is 0.200. The van der Waals surface area contributed by atoms with Crippen LogP contribution in [0.4, 0.5) is 0 Å². The Morgan fingerprint density at radius 2 is 1.52 bits per heavy atom. The number of esters is 2. The van der Waals surface area contributed by atoms with Crippen LogP contribution in [-0.2, 0) is 37.0 Å². The molecule has 0 fully saturated rings. The van der Waals surface area contributed by atoms with Crippen LogP contribution in [0.3, 0.4) is 0 Å². The maximum Gasteiger partial charge on any atom is 0.350 e. The molecule has 0 radical (unpaired) electrons. The molecular weight excluding hydrogens is 320 g/mol. The van der Waals surface area contributed by atoms with Gasteiger partial charge in [-0.15, -0.1) is 0 Å². The van der Waals surface area contributed by atoms with Crippen LogP contribution in [0, 0.1) is 0 Å². The molecule has 0 spiro atoms. The highest BCUT2D eigenvalue weighted by Crippen LogP contribution is 2.17. The van der Waals surface area contributed by atoms with E-state index in [0.717, 1.165) is 11.1 Å². The van der Waals surface area contributed by atoms with Gasteiger partial charge >= 0.3 is 11.9 Å². The molecule has 128 valence electrons. The van der Waals surface area contributed by atoms with Crippen molar-refractivity contribution in [3.63, 3.8) is 0 Å². The standard InChI is InChI=1S/C20H18O5/c21-18-12-11-17(23-13-15-7-3-1-4-8-15)19(25-18)20(22)24-14-16-9-5-2-6-10-16/h1-12,17,19H,13-14H2/t17-,19-/m0/s1.